The summed E-state index contributed by atoms with van der Waals surface area (Å²) in [6.45, 7) is 0.134. The average molecular weight is 407 g/mol. The van der Waals surface area contributed by atoms with E-state index in [1.807, 2.05) is 17.1 Å². The molecule has 1 aromatic heterocycles. The van der Waals surface area contributed by atoms with E-state index >= 15 is 0 Å². The molecule has 0 atom stereocenters. The van der Waals surface area contributed by atoms with Crippen molar-refractivity contribution in [3.05, 3.63) is 60.4 Å². The molecule has 7 nitrogen and oxygen atoms in total. The van der Waals surface area contributed by atoms with Crippen LogP contribution in [0.2, 0.25) is 0 Å². The molecule has 0 amide bonds. The number of rotatable bonds is 3. The number of aromatic nitrogens is 2. The monoisotopic (exact) mass is 407 g/mol. The highest BCUT2D eigenvalue weighted by molar-refractivity contribution is 14.1. The third kappa shape index (κ3) is 3.35. The van der Waals surface area contributed by atoms with Crippen LogP contribution < -0.4 is 16.4 Å². The molecule has 0 radical (unpaired) electrons. The molecule has 2 aromatic rings. The van der Waals surface area contributed by atoms with Crippen molar-refractivity contribution in [2.45, 2.75) is 11.4 Å². The van der Waals surface area contributed by atoms with Gasteiger partial charge in [-0.1, -0.05) is 12.1 Å². The smallest absolute Gasteiger partial charge is 0.295 e. The first kappa shape index (κ1) is 14.9. The highest BCUT2D eigenvalue weighted by Crippen LogP contribution is 2.08. The van der Waals surface area contributed by atoms with E-state index in [1.165, 1.54) is 0 Å². The molecule has 9 heteroatoms. The lowest BCUT2D eigenvalue weighted by molar-refractivity contribution is 0.591. The van der Waals surface area contributed by atoms with Crippen LogP contribution in [-0.4, -0.2) is 18.0 Å². The second kappa shape index (κ2) is 5.50. The Balaban J connectivity index is 2.50. The van der Waals surface area contributed by atoms with Crippen LogP contribution in [0.4, 0.5) is 0 Å². The first-order valence-corrected chi connectivity index (χ1v) is 8.01. The van der Waals surface area contributed by atoms with Gasteiger partial charge in [-0.15, -0.1) is 0 Å². The zero-order valence-electron chi connectivity index (χ0n) is 10.0. The Labute approximate surface area is 127 Å². The number of benzene rings is 1. The first-order chi connectivity index (χ1) is 9.27. The molecule has 0 unspecified atom stereocenters. The number of nitrogens with one attached hydrogen (secondary N) is 1. The number of primary sulfonamides is 1. The Hall–Kier alpha value is -1.46. The van der Waals surface area contributed by atoms with Crippen molar-refractivity contribution in [2.24, 2.45) is 5.14 Å². The summed E-state index contributed by atoms with van der Waals surface area (Å²) in [4.78, 5) is 24.4. The fourth-order valence-electron chi connectivity index (χ4n) is 1.60. The SMILES string of the molecule is NS(=O)(=O)c1cn(Cc2ccc(I)cc2)c(=O)[nH]c1=O. The summed E-state index contributed by atoms with van der Waals surface area (Å²) in [5.74, 6) is 0. The van der Waals surface area contributed by atoms with Crippen molar-refractivity contribution in [2.75, 3.05) is 0 Å². The number of hydrogen-bond donors (Lipinski definition) is 2. The third-order valence-corrected chi connectivity index (χ3v) is 4.17. The van der Waals surface area contributed by atoms with Gasteiger partial charge in [0.2, 0.25) is 10.0 Å². The van der Waals surface area contributed by atoms with Gasteiger partial charge >= 0.3 is 5.69 Å². The van der Waals surface area contributed by atoms with Crippen molar-refractivity contribution in [3.8, 4) is 0 Å². The first-order valence-electron chi connectivity index (χ1n) is 5.38. The van der Waals surface area contributed by atoms with Gasteiger partial charge in [-0.05, 0) is 40.3 Å². The molecule has 0 aliphatic rings. The molecule has 0 aliphatic heterocycles. The molecule has 0 aliphatic carbocycles. The van der Waals surface area contributed by atoms with Crippen molar-refractivity contribution in [1.82, 2.24) is 9.55 Å². The third-order valence-electron chi connectivity index (χ3n) is 2.55. The van der Waals surface area contributed by atoms with Gasteiger partial charge in [0.15, 0.2) is 4.90 Å². The maximum absolute atomic E-state index is 11.7. The largest absolute Gasteiger partial charge is 0.328 e. The number of H-pyrrole nitrogens is 1. The molecule has 0 saturated heterocycles. The Morgan fingerprint density at radius 2 is 1.80 bits per heavy atom. The minimum atomic E-state index is -4.18. The fourth-order valence-corrected chi connectivity index (χ4v) is 2.54. The second-order valence-corrected chi connectivity index (χ2v) is 6.83. The Morgan fingerprint density at radius 3 is 2.35 bits per heavy atom. The Kier molecular flexibility index (Phi) is 4.11. The summed E-state index contributed by atoms with van der Waals surface area (Å²) in [7, 11) is -4.18. The van der Waals surface area contributed by atoms with E-state index in [1.54, 1.807) is 12.1 Å². The quantitative estimate of drug-likeness (QED) is 0.688. The Bertz CT molecular complexity index is 852. The topological polar surface area (TPSA) is 115 Å². The van der Waals surface area contributed by atoms with Crippen molar-refractivity contribution >= 4 is 32.6 Å². The average Bonchev–Trinajstić information content (AvgIpc) is 2.33. The molecule has 20 heavy (non-hydrogen) atoms. The molecule has 3 N–H and O–H groups in total. The molecule has 106 valence electrons. The summed E-state index contributed by atoms with van der Waals surface area (Å²) >= 11 is 2.14. The Morgan fingerprint density at radius 1 is 1.20 bits per heavy atom. The summed E-state index contributed by atoms with van der Waals surface area (Å²) in [5.41, 5.74) is -0.919. The van der Waals surface area contributed by atoms with E-state index in [0.29, 0.717) is 0 Å². The molecule has 0 spiro atoms. The van der Waals surface area contributed by atoms with E-state index in [9.17, 15) is 18.0 Å². The molecular weight excluding hydrogens is 397 g/mol. The van der Waals surface area contributed by atoms with Crippen LogP contribution in [0.15, 0.2) is 44.9 Å². The van der Waals surface area contributed by atoms with E-state index in [4.69, 9.17) is 5.14 Å². The summed E-state index contributed by atoms with van der Waals surface area (Å²) < 4.78 is 24.6. The lowest BCUT2D eigenvalue weighted by Gasteiger charge is -2.07. The number of nitrogens with zero attached hydrogens (tertiary/aromatic N) is 1. The van der Waals surface area contributed by atoms with Gasteiger partial charge in [0.1, 0.15) is 0 Å². The fraction of sp³-hybridized carbons (Fsp3) is 0.0909. The van der Waals surface area contributed by atoms with E-state index in [2.05, 4.69) is 22.6 Å². The van der Waals surface area contributed by atoms with Crippen molar-refractivity contribution in [1.29, 1.82) is 0 Å². The van der Waals surface area contributed by atoms with Crippen LogP contribution >= 0.6 is 22.6 Å². The highest BCUT2D eigenvalue weighted by atomic mass is 127. The molecule has 1 heterocycles. The number of sulfonamides is 1. The van der Waals surface area contributed by atoms with Crippen LogP contribution in [0.1, 0.15) is 5.56 Å². The second-order valence-electron chi connectivity index (χ2n) is 4.05. The van der Waals surface area contributed by atoms with Gasteiger partial charge in [-0.3, -0.25) is 14.3 Å². The highest BCUT2D eigenvalue weighted by Gasteiger charge is 2.15. The van der Waals surface area contributed by atoms with Gasteiger partial charge in [0, 0.05) is 9.77 Å². The maximum atomic E-state index is 11.7. The summed E-state index contributed by atoms with van der Waals surface area (Å²) in [6, 6.07) is 7.31. The normalized spacial score (nSPS) is 11.5. The van der Waals surface area contributed by atoms with Crippen LogP contribution in [-0.2, 0) is 16.6 Å². The van der Waals surface area contributed by atoms with Crippen LogP contribution in [0.5, 0.6) is 0 Å². The standard InChI is InChI=1S/C11H10IN3O4S/c12-8-3-1-7(2-4-8)5-15-6-9(20(13,18)19)10(16)14-11(15)17/h1-4,6H,5H2,(H2,13,18,19)(H,14,16,17). The van der Waals surface area contributed by atoms with Gasteiger partial charge in [-0.25, -0.2) is 18.4 Å². The zero-order valence-corrected chi connectivity index (χ0v) is 13.0. The van der Waals surface area contributed by atoms with Gasteiger partial charge in [0.05, 0.1) is 6.54 Å². The van der Waals surface area contributed by atoms with E-state index in [-0.39, 0.29) is 6.54 Å². The lowest BCUT2D eigenvalue weighted by Crippen LogP contribution is -2.34. The predicted molar refractivity (Wildman–Crippen MR) is 81.0 cm³/mol. The maximum Gasteiger partial charge on any atom is 0.328 e. The molecule has 0 bridgehead atoms. The van der Waals surface area contributed by atoms with E-state index in [0.717, 1.165) is 19.9 Å². The zero-order chi connectivity index (χ0) is 14.9. The van der Waals surface area contributed by atoms with Gasteiger partial charge in [-0.2, -0.15) is 0 Å². The predicted octanol–water partition coefficient (Wildman–Crippen LogP) is -0.163. The number of halogens is 1. The molecule has 1 aromatic carbocycles. The number of nitrogens with two attached hydrogens (primary N) is 1. The molecule has 0 saturated carbocycles. The van der Waals surface area contributed by atoms with E-state index < -0.39 is 26.2 Å². The van der Waals surface area contributed by atoms with Crippen molar-refractivity contribution < 1.29 is 8.42 Å². The van der Waals surface area contributed by atoms with Crippen LogP contribution in [0.25, 0.3) is 0 Å². The minimum absolute atomic E-state index is 0.134. The molecular formula is C11H10IN3O4S. The summed E-state index contributed by atoms with van der Waals surface area (Å²) in [6.07, 6.45) is 0.953. The number of hydrogen-bond acceptors (Lipinski definition) is 4. The summed E-state index contributed by atoms with van der Waals surface area (Å²) in [5, 5.41) is 4.93. The van der Waals surface area contributed by atoms with Gasteiger partial charge < -0.3 is 0 Å². The molecule has 0 fully saturated rings. The number of aromatic amines is 1. The minimum Gasteiger partial charge on any atom is -0.295 e. The van der Waals surface area contributed by atoms with Crippen LogP contribution in [0, 0.1) is 3.57 Å². The lowest BCUT2D eigenvalue weighted by atomic mass is 10.2. The van der Waals surface area contributed by atoms with Crippen molar-refractivity contribution in [3.63, 3.8) is 0 Å². The van der Waals surface area contributed by atoms with Gasteiger partial charge in [0.25, 0.3) is 5.56 Å². The molecule has 2 rings (SSSR count). The van der Waals surface area contributed by atoms with Crippen LogP contribution in [0.3, 0.4) is 0 Å².